The molecule has 31 heavy (non-hydrogen) atoms. The summed E-state index contributed by atoms with van der Waals surface area (Å²) >= 11 is 0. The van der Waals surface area contributed by atoms with Crippen molar-refractivity contribution in [1.82, 2.24) is 0 Å². The zero-order valence-corrected chi connectivity index (χ0v) is 18.0. The van der Waals surface area contributed by atoms with Gasteiger partial charge in [0.25, 0.3) is 10.0 Å². The highest BCUT2D eigenvalue weighted by molar-refractivity contribution is 7.92. The zero-order valence-electron chi connectivity index (χ0n) is 17.2. The summed E-state index contributed by atoms with van der Waals surface area (Å²) in [6, 6.07) is 22.8. The molecule has 5 rings (SSSR count). The Balaban J connectivity index is 1.46. The SMILES string of the molecule is COc1ccc(NS(=O)(=O)c2ccc3c(c2)[C@H]2C=CC[C@@H]2[C@H](c2ccccc2)N3)cc1. The first-order valence-corrected chi connectivity index (χ1v) is 11.8. The maximum absolute atomic E-state index is 13.0. The molecule has 3 aromatic rings. The molecule has 0 radical (unpaired) electrons. The molecule has 3 atom stereocenters. The number of methoxy groups -OCH3 is 1. The molecule has 0 spiro atoms. The van der Waals surface area contributed by atoms with E-state index in [1.807, 2.05) is 18.2 Å². The fourth-order valence-corrected chi connectivity index (χ4v) is 5.70. The highest BCUT2D eigenvalue weighted by Gasteiger charge is 2.38. The van der Waals surface area contributed by atoms with Crippen molar-refractivity contribution < 1.29 is 13.2 Å². The third-order valence-corrected chi connectivity index (χ3v) is 7.52. The molecule has 0 aromatic heterocycles. The lowest BCUT2D eigenvalue weighted by atomic mass is 9.77. The minimum absolute atomic E-state index is 0.192. The molecule has 0 saturated carbocycles. The number of nitrogens with one attached hydrogen (secondary N) is 2. The van der Waals surface area contributed by atoms with Crippen LogP contribution in [-0.2, 0) is 10.0 Å². The summed E-state index contributed by atoms with van der Waals surface area (Å²) in [6.07, 6.45) is 5.39. The number of benzene rings is 3. The summed E-state index contributed by atoms with van der Waals surface area (Å²) in [4.78, 5) is 0.265. The van der Waals surface area contributed by atoms with Gasteiger partial charge in [-0.3, -0.25) is 4.72 Å². The highest BCUT2D eigenvalue weighted by Crippen LogP contribution is 2.50. The van der Waals surface area contributed by atoms with Crippen molar-refractivity contribution in [2.45, 2.75) is 23.3 Å². The van der Waals surface area contributed by atoms with Crippen LogP contribution in [0.2, 0.25) is 0 Å². The average Bonchev–Trinajstić information content (AvgIpc) is 3.29. The molecule has 0 fully saturated rings. The van der Waals surface area contributed by atoms with Gasteiger partial charge in [-0.25, -0.2) is 8.42 Å². The minimum Gasteiger partial charge on any atom is -0.497 e. The van der Waals surface area contributed by atoms with Gasteiger partial charge in [-0.2, -0.15) is 0 Å². The molecular weight excluding hydrogens is 408 g/mol. The Bertz CT molecular complexity index is 1220. The van der Waals surface area contributed by atoms with Gasteiger partial charge in [-0.05, 0) is 65.9 Å². The maximum Gasteiger partial charge on any atom is 0.261 e. The number of ether oxygens (including phenoxy) is 1. The van der Waals surface area contributed by atoms with Crippen molar-refractivity contribution in [1.29, 1.82) is 0 Å². The van der Waals surface area contributed by atoms with E-state index in [4.69, 9.17) is 4.74 Å². The van der Waals surface area contributed by atoms with E-state index < -0.39 is 10.0 Å². The van der Waals surface area contributed by atoms with Crippen LogP contribution in [0.5, 0.6) is 5.75 Å². The lowest BCUT2D eigenvalue weighted by molar-refractivity contribution is 0.415. The number of anilines is 2. The average molecular weight is 433 g/mol. The Labute approximate surface area is 182 Å². The molecule has 0 unspecified atom stereocenters. The van der Waals surface area contributed by atoms with Gasteiger partial charge in [0.15, 0.2) is 0 Å². The number of hydrogen-bond donors (Lipinski definition) is 2. The number of allylic oxidation sites excluding steroid dienone is 2. The number of rotatable bonds is 5. The number of fused-ring (bicyclic) bond motifs is 3. The molecule has 1 heterocycles. The second-order valence-corrected chi connectivity index (χ2v) is 9.65. The summed E-state index contributed by atoms with van der Waals surface area (Å²) in [5, 5.41) is 3.66. The van der Waals surface area contributed by atoms with Crippen LogP contribution in [0.1, 0.15) is 29.5 Å². The van der Waals surface area contributed by atoms with Crippen LogP contribution < -0.4 is 14.8 Å². The second-order valence-electron chi connectivity index (χ2n) is 7.97. The summed E-state index contributed by atoms with van der Waals surface area (Å²) in [7, 11) is -2.13. The first-order chi connectivity index (χ1) is 15.0. The van der Waals surface area contributed by atoms with Crippen molar-refractivity contribution >= 4 is 21.4 Å². The monoisotopic (exact) mass is 432 g/mol. The molecule has 0 amide bonds. The van der Waals surface area contributed by atoms with Crippen LogP contribution >= 0.6 is 0 Å². The summed E-state index contributed by atoms with van der Waals surface area (Å²) in [6.45, 7) is 0. The highest BCUT2D eigenvalue weighted by atomic mass is 32.2. The van der Waals surface area contributed by atoms with Crippen LogP contribution in [0.15, 0.2) is 89.8 Å². The molecule has 5 nitrogen and oxygen atoms in total. The van der Waals surface area contributed by atoms with Gasteiger partial charge in [-0.1, -0.05) is 42.5 Å². The summed E-state index contributed by atoms with van der Waals surface area (Å²) in [5.41, 5.74) is 3.78. The van der Waals surface area contributed by atoms with E-state index in [2.05, 4.69) is 46.5 Å². The van der Waals surface area contributed by atoms with Gasteiger partial charge in [0.1, 0.15) is 5.75 Å². The van der Waals surface area contributed by atoms with E-state index in [-0.39, 0.29) is 16.9 Å². The number of sulfonamides is 1. The van der Waals surface area contributed by atoms with Crippen molar-refractivity contribution in [3.8, 4) is 5.75 Å². The van der Waals surface area contributed by atoms with Crippen LogP contribution in [0, 0.1) is 5.92 Å². The van der Waals surface area contributed by atoms with E-state index in [1.165, 1.54) is 5.56 Å². The largest absolute Gasteiger partial charge is 0.497 e. The van der Waals surface area contributed by atoms with Crippen LogP contribution in [0.3, 0.4) is 0 Å². The van der Waals surface area contributed by atoms with E-state index in [0.29, 0.717) is 17.4 Å². The van der Waals surface area contributed by atoms with Gasteiger partial charge in [-0.15, -0.1) is 0 Å². The van der Waals surface area contributed by atoms with Crippen LogP contribution in [0.4, 0.5) is 11.4 Å². The Morgan fingerprint density at radius 2 is 1.77 bits per heavy atom. The molecule has 3 aromatic carbocycles. The van der Waals surface area contributed by atoms with E-state index >= 15 is 0 Å². The molecule has 0 saturated heterocycles. The van der Waals surface area contributed by atoms with Crippen LogP contribution in [-0.4, -0.2) is 15.5 Å². The molecule has 158 valence electrons. The molecule has 1 aliphatic carbocycles. The van der Waals surface area contributed by atoms with E-state index in [1.54, 1.807) is 37.4 Å². The van der Waals surface area contributed by atoms with Crippen LogP contribution in [0.25, 0.3) is 0 Å². The van der Waals surface area contributed by atoms with Gasteiger partial charge in [0, 0.05) is 17.3 Å². The minimum atomic E-state index is -3.70. The normalized spacial score (nSPS) is 21.6. The molecule has 1 aliphatic heterocycles. The lowest BCUT2D eigenvalue weighted by Gasteiger charge is -2.37. The summed E-state index contributed by atoms with van der Waals surface area (Å²) < 4.78 is 33.9. The van der Waals surface area contributed by atoms with E-state index in [9.17, 15) is 8.42 Å². The molecule has 2 aliphatic rings. The first kappa shape index (κ1) is 19.7. The Morgan fingerprint density at radius 1 is 1.00 bits per heavy atom. The van der Waals surface area contributed by atoms with Gasteiger partial charge in [0.2, 0.25) is 0 Å². The smallest absolute Gasteiger partial charge is 0.261 e. The predicted octanol–water partition coefficient (Wildman–Crippen LogP) is 5.32. The molecular formula is C25H24N2O3S. The fraction of sp³-hybridized carbons (Fsp3) is 0.200. The fourth-order valence-electron chi connectivity index (χ4n) is 4.60. The third kappa shape index (κ3) is 3.68. The second kappa shape index (κ2) is 7.78. The van der Waals surface area contributed by atoms with Gasteiger partial charge in [0.05, 0.1) is 18.0 Å². The summed E-state index contributed by atoms with van der Waals surface area (Å²) in [5.74, 6) is 1.23. The van der Waals surface area contributed by atoms with Crippen molar-refractivity contribution in [2.75, 3.05) is 17.1 Å². The lowest BCUT2D eigenvalue weighted by Crippen LogP contribution is -2.29. The van der Waals surface area contributed by atoms with Crippen molar-refractivity contribution in [3.05, 3.63) is 96.1 Å². The standard InChI is InChI=1S/C25H24N2O3S/c1-30-19-12-10-18(11-13-19)27-31(28,29)20-14-15-24-23(16-20)21-8-5-9-22(21)25(26-24)17-6-3-2-4-7-17/h2-8,10-16,21-22,25-27H,9H2,1H3/t21-,22-,25-/m0/s1. The quantitative estimate of drug-likeness (QED) is 0.535. The Kier molecular flexibility index (Phi) is 4.94. The topological polar surface area (TPSA) is 67.4 Å². The molecule has 2 N–H and O–H groups in total. The molecule has 6 heteroatoms. The van der Waals surface area contributed by atoms with Crippen molar-refractivity contribution in [3.63, 3.8) is 0 Å². The molecule has 0 bridgehead atoms. The predicted molar refractivity (Wildman–Crippen MR) is 123 cm³/mol. The third-order valence-electron chi connectivity index (χ3n) is 6.15. The number of hydrogen-bond acceptors (Lipinski definition) is 4. The first-order valence-electron chi connectivity index (χ1n) is 10.3. The van der Waals surface area contributed by atoms with Gasteiger partial charge >= 0.3 is 0 Å². The Hall–Kier alpha value is -3.25. The maximum atomic E-state index is 13.0. The van der Waals surface area contributed by atoms with E-state index in [0.717, 1.165) is 17.7 Å². The Morgan fingerprint density at radius 3 is 2.52 bits per heavy atom. The van der Waals surface area contributed by atoms with Crippen molar-refractivity contribution in [2.24, 2.45) is 5.92 Å². The zero-order chi connectivity index (χ0) is 21.4. The van der Waals surface area contributed by atoms with Gasteiger partial charge < -0.3 is 10.1 Å².